The van der Waals surface area contributed by atoms with Crippen LogP contribution < -0.4 is 14.4 Å². The van der Waals surface area contributed by atoms with Gasteiger partial charge in [-0.3, -0.25) is 0 Å². The van der Waals surface area contributed by atoms with E-state index in [1.807, 2.05) is 12.1 Å². The van der Waals surface area contributed by atoms with Crippen molar-refractivity contribution in [1.29, 1.82) is 0 Å². The molecule has 1 aliphatic rings. The van der Waals surface area contributed by atoms with E-state index >= 15 is 0 Å². The van der Waals surface area contributed by atoms with Crippen molar-refractivity contribution in [2.45, 2.75) is 4.90 Å². The maximum Gasteiger partial charge on any atom is 0.336 e. The molecule has 0 saturated heterocycles. The van der Waals surface area contributed by atoms with Crippen molar-refractivity contribution in [3.05, 3.63) is 48.3 Å². The van der Waals surface area contributed by atoms with Crippen molar-refractivity contribution in [3.8, 4) is 5.75 Å². The lowest BCUT2D eigenvalue weighted by Gasteiger charge is -2.28. The highest BCUT2D eigenvalue weighted by atomic mass is 32.2. The van der Waals surface area contributed by atoms with Crippen LogP contribution in [0.1, 0.15) is 0 Å². The molecule has 0 radical (unpaired) electrons. The third-order valence-electron chi connectivity index (χ3n) is 2.86. The van der Waals surface area contributed by atoms with Gasteiger partial charge in [-0.15, -0.1) is 0 Å². The number of rotatable bonds is 2. The lowest BCUT2D eigenvalue weighted by molar-refractivity contribution is 0.260. The van der Waals surface area contributed by atoms with E-state index in [1.54, 1.807) is 25.3 Å². The predicted molar refractivity (Wildman–Crippen MR) is 76.7 cm³/mol. The molecule has 0 saturated carbocycles. The Hall–Kier alpha value is -2.21. The molecule has 0 unspecified atom stereocenters. The zero-order valence-corrected chi connectivity index (χ0v) is 11.4. The van der Waals surface area contributed by atoms with E-state index in [0.717, 1.165) is 4.90 Å². The number of nitrogens with zero attached hydrogens (tertiary/aromatic N) is 1. The minimum absolute atomic E-state index is 0.276. The van der Waals surface area contributed by atoms with Gasteiger partial charge in [-0.1, -0.05) is 0 Å². The Morgan fingerprint density at radius 3 is 2.65 bits per heavy atom. The molecule has 6 heteroatoms. The summed E-state index contributed by atoms with van der Waals surface area (Å²) in [6, 6.07) is 11.0. The fraction of sp³-hybridized carbons (Fsp3) is 0.0714. The standard InChI is InChI=1S/C14H11FN2O2S/c1-19-11-6-7-13-12(8-11)16-14(18)17(20-13)10-4-2-9(15)3-5-10/h2-8H,1H3,(H,16,18). The first kappa shape index (κ1) is 12.8. The number of hydrogen-bond acceptors (Lipinski definition) is 3. The Kier molecular flexibility index (Phi) is 3.23. The SMILES string of the molecule is COc1ccc2c(c1)NC(=O)N(c1ccc(F)cc1)S2. The molecule has 102 valence electrons. The van der Waals surface area contributed by atoms with Crippen LogP contribution in [0.2, 0.25) is 0 Å². The first-order valence-electron chi connectivity index (χ1n) is 5.90. The summed E-state index contributed by atoms with van der Waals surface area (Å²) in [7, 11) is 1.57. The number of methoxy groups -OCH3 is 1. The minimum atomic E-state index is -0.332. The number of urea groups is 1. The van der Waals surface area contributed by atoms with Crippen LogP contribution in [0, 0.1) is 5.82 Å². The van der Waals surface area contributed by atoms with Crippen LogP contribution in [0.3, 0.4) is 0 Å². The average molecular weight is 290 g/mol. The Morgan fingerprint density at radius 1 is 1.20 bits per heavy atom. The maximum atomic E-state index is 12.9. The number of halogens is 1. The molecule has 0 spiro atoms. The number of carbonyl (C=O) groups excluding carboxylic acids is 1. The third-order valence-corrected chi connectivity index (χ3v) is 3.98. The normalized spacial score (nSPS) is 13.7. The number of nitrogens with one attached hydrogen (secondary N) is 1. The Morgan fingerprint density at radius 2 is 1.95 bits per heavy atom. The van der Waals surface area contributed by atoms with Crippen LogP contribution in [0.5, 0.6) is 5.75 Å². The molecule has 4 nitrogen and oxygen atoms in total. The second-order valence-corrected chi connectivity index (χ2v) is 5.14. The number of anilines is 2. The number of hydrogen-bond donors (Lipinski definition) is 1. The van der Waals surface area contributed by atoms with Gasteiger partial charge in [-0.25, -0.2) is 13.5 Å². The molecule has 1 heterocycles. The molecule has 3 rings (SSSR count). The van der Waals surface area contributed by atoms with Gasteiger partial charge < -0.3 is 10.1 Å². The Labute approximate surface area is 119 Å². The fourth-order valence-corrected chi connectivity index (χ4v) is 2.76. The van der Waals surface area contributed by atoms with Crippen molar-refractivity contribution in [2.24, 2.45) is 0 Å². The second-order valence-electron chi connectivity index (χ2n) is 4.15. The molecule has 2 aromatic rings. The highest BCUT2D eigenvalue weighted by Crippen LogP contribution is 2.39. The number of amides is 2. The molecule has 0 fully saturated rings. The van der Waals surface area contributed by atoms with Gasteiger partial charge in [-0.05, 0) is 48.3 Å². The average Bonchev–Trinajstić information content (AvgIpc) is 2.47. The van der Waals surface area contributed by atoms with Gasteiger partial charge in [0.2, 0.25) is 0 Å². The first-order chi connectivity index (χ1) is 9.67. The van der Waals surface area contributed by atoms with Gasteiger partial charge in [0.15, 0.2) is 0 Å². The summed E-state index contributed by atoms with van der Waals surface area (Å²) in [4.78, 5) is 13.0. The van der Waals surface area contributed by atoms with Crippen LogP contribution in [-0.4, -0.2) is 13.1 Å². The zero-order chi connectivity index (χ0) is 14.1. The number of fused-ring (bicyclic) bond motifs is 1. The summed E-state index contributed by atoms with van der Waals surface area (Å²) in [6.07, 6.45) is 0. The van der Waals surface area contributed by atoms with Gasteiger partial charge in [-0.2, -0.15) is 0 Å². The van der Waals surface area contributed by atoms with Gasteiger partial charge in [0.05, 0.1) is 23.4 Å². The molecule has 2 amide bonds. The van der Waals surface area contributed by atoms with Crippen LogP contribution in [0.15, 0.2) is 47.4 Å². The Bertz CT molecular complexity index is 661. The smallest absolute Gasteiger partial charge is 0.336 e. The van der Waals surface area contributed by atoms with Crippen molar-refractivity contribution >= 4 is 29.4 Å². The topological polar surface area (TPSA) is 41.6 Å². The van der Waals surface area contributed by atoms with Crippen LogP contribution in [0.25, 0.3) is 0 Å². The molecule has 20 heavy (non-hydrogen) atoms. The molecule has 0 aromatic heterocycles. The highest BCUT2D eigenvalue weighted by Gasteiger charge is 2.25. The van der Waals surface area contributed by atoms with E-state index in [4.69, 9.17) is 4.74 Å². The zero-order valence-electron chi connectivity index (χ0n) is 10.6. The van der Waals surface area contributed by atoms with E-state index < -0.39 is 0 Å². The second kappa shape index (κ2) is 5.05. The quantitative estimate of drug-likeness (QED) is 0.853. The third kappa shape index (κ3) is 2.30. The summed E-state index contributed by atoms with van der Waals surface area (Å²) in [5.74, 6) is 0.348. The van der Waals surface area contributed by atoms with E-state index in [9.17, 15) is 9.18 Å². The highest BCUT2D eigenvalue weighted by molar-refractivity contribution is 8.01. The summed E-state index contributed by atoms with van der Waals surface area (Å²) >= 11 is 1.29. The molecular formula is C14H11FN2O2S. The van der Waals surface area contributed by atoms with Crippen LogP contribution in [-0.2, 0) is 0 Å². The van der Waals surface area contributed by atoms with Gasteiger partial charge in [0.25, 0.3) is 0 Å². The minimum Gasteiger partial charge on any atom is -0.497 e. The van der Waals surface area contributed by atoms with Crippen molar-refractivity contribution < 1.29 is 13.9 Å². The monoisotopic (exact) mass is 290 g/mol. The molecule has 2 aromatic carbocycles. The van der Waals surface area contributed by atoms with Crippen molar-refractivity contribution in [2.75, 3.05) is 16.7 Å². The summed E-state index contributed by atoms with van der Waals surface area (Å²) in [6.45, 7) is 0. The van der Waals surface area contributed by atoms with Gasteiger partial charge in [0, 0.05) is 6.07 Å². The first-order valence-corrected chi connectivity index (χ1v) is 6.67. The summed E-state index contributed by atoms with van der Waals surface area (Å²) in [5.41, 5.74) is 1.33. The number of benzene rings is 2. The Balaban J connectivity index is 1.93. The fourth-order valence-electron chi connectivity index (χ4n) is 1.87. The lowest BCUT2D eigenvalue weighted by Crippen LogP contribution is -2.32. The van der Waals surface area contributed by atoms with E-state index in [1.165, 1.54) is 28.4 Å². The molecule has 1 N–H and O–H groups in total. The maximum absolute atomic E-state index is 12.9. The van der Waals surface area contributed by atoms with E-state index in [2.05, 4.69) is 5.32 Å². The number of ether oxygens (including phenoxy) is 1. The van der Waals surface area contributed by atoms with Crippen LogP contribution in [0.4, 0.5) is 20.6 Å². The summed E-state index contributed by atoms with van der Waals surface area (Å²) < 4.78 is 19.5. The van der Waals surface area contributed by atoms with E-state index in [0.29, 0.717) is 17.1 Å². The lowest BCUT2D eigenvalue weighted by atomic mass is 10.3. The van der Waals surface area contributed by atoms with Crippen molar-refractivity contribution in [1.82, 2.24) is 0 Å². The predicted octanol–water partition coefficient (Wildman–Crippen LogP) is 3.89. The molecule has 0 atom stereocenters. The van der Waals surface area contributed by atoms with Crippen LogP contribution >= 0.6 is 11.9 Å². The largest absolute Gasteiger partial charge is 0.497 e. The van der Waals surface area contributed by atoms with Gasteiger partial charge >= 0.3 is 6.03 Å². The summed E-state index contributed by atoms with van der Waals surface area (Å²) in [5, 5.41) is 2.79. The van der Waals surface area contributed by atoms with Gasteiger partial charge in [0.1, 0.15) is 11.6 Å². The van der Waals surface area contributed by atoms with E-state index in [-0.39, 0.29) is 11.8 Å². The molecule has 1 aliphatic heterocycles. The molecule has 0 aliphatic carbocycles. The molecular weight excluding hydrogens is 279 g/mol. The van der Waals surface area contributed by atoms with Crippen molar-refractivity contribution in [3.63, 3.8) is 0 Å². The molecule has 0 bridgehead atoms. The number of carbonyl (C=O) groups is 1.